The van der Waals surface area contributed by atoms with Gasteiger partial charge in [0.25, 0.3) is 5.89 Å². The molecule has 0 bridgehead atoms. The van der Waals surface area contributed by atoms with Crippen molar-refractivity contribution in [2.45, 2.75) is 25.2 Å². The summed E-state index contributed by atoms with van der Waals surface area (Å²) in [4.78, 5) is 17.2. The van der Waals surface area contributed by atoms with Crippen LogP contribution in [-0.4, -0.2) is 58.5 Å². The Kier molecular flexibility index (Phi) is 6.20. The maximum atomic E-state index is 13.7. The molecule has 5 rings (SSSR count). The van der Waals surface area contributed by atoms with Crippen molar-refractivity contribution in [3.63, 3.8) is 0 Å². The van der Waals surface area contributed by atoms with Gasteiger partial charge in [-0.05, 0) is 35.9 Å². The molecule has 11 heteroatoms. The van der Waals surface area contributed by atoms with E-state index in [2.05, 4.69) is 10.1 Å². The van der Waals surface area contributed by atoms with E-state index in [-0.39, 0.29) is 35.6 Å². The van der Waals surface area contributed by atoms with Crippen LogP contribution in [0.2, 0.25) is 0 Å². The van der Waals surface area contributed by atoms with Gasteiger partial charge < -0.3 is 19.1 Å². The number of hydrogen-bond acceptors (Lipinski definition) is 7. The van der Waals surface area contributed by atoms with E-state index in [9.17, 15) is 18.0 Å². The molecule has 2 fully saturated rings. The molecule has 3 aromatic rings. The van der Waals surface area contributed by atoms with Gasteiger partial charge in [0.05, 0.1) is 24.7 Å². The Morgan fingerprint density at radius 3 is 2.54 bits per heavy atom. The summed E-state index contributed by atoms with van der Waals surface area (Å²) in [5.74, 6) is -1.14. The minimum absolute atomic E-state index is 0.0330. The van der Waals surface area contributed by atoms with Gasteiger partial charge in [0.2, 0.25) is 5.82 Å². The highest BCUT2D eigenvalue weighted by Crippen LogP contribution is 2.39. The number of aromatic nitrogens is 2. The molecule has 184 valence electrons. The van der Waals surface area contributed by atoms with E-state index in [1.165, 1.54) is 12.1 Å². The molecule has 1 N–H and O–H groups in total. The summed E-state index contributed by atoms with van der Waals surface area (Å²) in [5.41, 5.74) is 0.866. The summed E-state index contributed by atoms with van der Waals surface area (Å²) >= 11 is 0. The molecule has 1 atom stereocenters. The fourth-order valence-corrected chi connectivity index (χ4v) is 4.10. The average molecular weight is 489 g/mol. The monoisotopic (exact) mass is 489 g/mol. The Hall–Kier alpha value is -3.44. The SMILES string of the molecule is O=C(O)C1CN(Cc2ccc(-c3nc(-c4ccc(OC5CCOC5)c(C(F)(F)F)c4)no3)cc2)C1. The maximum absolute atomic E-state index is 13.7. The van der Waals surface area contributed by atoms with Crippen LogP contribution >= 0.6 is 0 Å². The number of hydrogen-bond donors (Lipinski definition) is 1. The van der Waals surface area contributed by atoms with Crippen LogP contribution in [0.25, 0.3) is 22.8 Å². The zero-order valence-electron chi connectivity index (χ0n) is 18.5. The molecule has 0 radical (unpaired) electrons. The molecule has 0 amide bonds. The van der Waals surface area contributed by atoms with Gasteiger partial charge >= 0.3 is 12.1 Å². The van der Waals surface area contributed by atoms with E-state index in [0.717, 1.165) is 11.6 Å². The highest BCUT2D eigenvalue weighted by molar-refractivity contribution is 5.71. The number of alkyl halides is 3. The summed E-state index contributed by atoms with van der Waals surface area (Å²) in [5, 5.41) is 12.8. The summed E-state index contributed by atoms with van der Waals surface area (Å²) in [7, 11) is 0. The first-order valence-electron chi connectivity index (χ1n) is 11.1. The van der Waals surface area contributed by atoms with Gasteiger partial charge in [0.15, 0.2) is 0 Å². The van der Waals surface area contributed by atoms with Crippen molar-refractivity contribution in [3.8, 4) is 28.6 Å². The Labute approximate surface area is 198 Å². The van der Waals surface area contributed by atoms with Crippen molar-refractivity contribution >= 4 is 5.97 Å². The lowest BCUT2D eigenvalue weighted by atomic mass is 9.99. The Morgan fingerprint density at radius 2 is 1.89 bits per heavy atom. The van der Waals surface area contributed by atoms with Crippen LogP contribution in [0, 0.1) is 5.92 Å². The molecule has 3 heterocycles. The average Bonchev–Trinajstić information content (AvgIpc) is 3.48. The molecule has 35 heavy (non-hydrogen) atoms. The predicted octanol–water partition coefficient (Wildman–Crippen LogP) is 4.11. The minimum Gasteiger partial charge on any atom is -0.487 e. The first-order chi connectivity index (χ1) is 16.8. The lowest BCUT2D eigenvalue weighted by molar-refractivity contribution is -0.147. The number of ether oxygens (including phenoxy) is 2. The Bertz CT molecular complexity index is 1200. The molecule has 2 aliphatic rings. The van der Waals surface area contributed by atoms with Crippen LogP contribution in [0.5, 0.6) is 5.75 Å². The number of halogens is 3. The number of carboxylic acids is 1. The fraction of sp³-hybridized carbons (Fsp3) is 0.375. The molecular weight excluding hydrogens is 467 g/mol. The number of aliphatic carboxylic acids is 1. The molecule has 0 saturated carbocycles. The minimum atomic E-state index is -4.62. The second-order valence-corrected chi connectivity index (χ2v) is 8.66. The largest absolute Gasteiger partial charge is 0.487 e. The standard InChI is InChI=1S/C24H22F3N3O5/c25-24(26,27)19-9-16(5-6-20(19)34-18-7-8-33-13-18)21-28-22(35-29-21)15-3-1-14(2-4-15)10-30-11-17(12-30)23(31)32/h1-6,9,17-18H,7-8,10-13H2,(H,31,32). The molecule has 1 unspecified atom stereocenters. The molecule has 2 aliphatic heterocycles. The molecule has 0 spiro atoms. The lowest BCUT2D eigenvalue weighted by Crippen LogP contribution is -2.49. The normalized spacial score (nSPS) is 19.0. The first kappa shape index (κ1) is 23.3. The number of rotatable bonds is 7. The van der Waals surface area contributed by atoms with E-state index < -0.39 is 23.8 Å². The Balaban J connectivity index is 1.30. The number of benzene rings is 2. The number of carboxylic acid groups (broad SMARTS) is 1. The zero-order chi connectivity index (χ0) is 24.6. The van der Waals surface area contributed by atoms with Gasteiger partial charge in [-0.3, -0.25) is 9.69 Å². The van der Waals surface area contributed by atoms with E-state index >= 15 is 0 Å². The van der Waals surface area contributed by atoms with Gasteiger partial charge in [-0.25, -0.2) is 0 Å². The van der Waals surface area contributed by atoms with Gasteiger partial charge in [-0.1, -0.05) is 17.3 Å². The number of likely N-dealkylation sites (tertiary alicyclic amines) is 1. The van der Waals surface area contributed by atoms with E-state index in [0.29, 0.717) is 38.2 Å². The first-order valence-corrected chi connectivity index (χ1v) is 11.1. The van der Waals surface area contributed by atoms with Crippen molar-refractivity contribution in [1.29, 1.82) is 0 Å². The molecular formula is C24H22F3N3O5. The van der Waals surface area contributed by atoms with Gasteiger partial charge in [0, 0.05) is 37.2 Å². The highest BCUT2D eigenvalue weighted by Gasteiger charge is 2.36. The summed E-state index contributed by atoms with van der Waals surface area (Å²) < 4.78 is 57.1. The smallest absolute Gasteiger partial charge is 0.419 e. The van der Waals surface area contributed by atoms with Crippen molar-refractivity contribution < 1.29 is 37.1 Å². The molecule has 2 saturated heterocycles. The van der Waals surface area contributed by atoms with Crippen LogP contribution in [-0.2, 0) is 22.3 Å². The molecule has 1 aromatic heterocycles. The maximum Gasteiger partial charge on any atom is 0.419 e. The molecule has 0 aliphatic carbocycles. The van der Waals surface area contributed by atoms with E-state index in [1.54, 1.807) is 12.1 Å². The van der Waals surface area contributed by atoms with Crippen LogP contribution in [0.1, 0.15) is 17.5 Å². The lowest BCUT2D eigenvalue weighted by Gasteiger charge is -2.36. The predicted molar refractivity (Wildman–Crippen MR) is 116 cm³/mol. The van der Waals surface area contributed by atoms with Crippen LogP contribution in [0.15, 0.2) is 47.0 Å². The Morgan fingerprint density at radius 1 is 1.14 bits per heavy atom. The topological polar surface area (TPSA) is 97.9 Å². The van der Waals surface area contributed by atoms with Crippen molar-refractivity contribution in [1.82, 2.24) is 15.0 Å². The summed E-state index contributed by atoms with van der Waals surface area (Å²) in [6, 6.07) is 11.0. The van der Waals surface area contributed by atoms with Crippen molar-refractivity contribution in [3.05, 3.63) is 53.6 Å². The summed E-state index contributed by atoms with van der Waals surface area (Å²) in [6.07, 6.45) is -4.50. The van der Waals surface area contributed by atoms with Crippen molar-refractivity contribution in [2.75, 3.05) is 26.3 Å². The zero-order valence-corrected chi connectivity index (χ0v) is 18.5. The second kappa shape index (κ2) is 9.31. The van der Waals surface area contributed by atoms with E-state index in [1.807, 2.05) is 17.0 Å². The van der Waals surface area contributed by atoms with Crippen LogP contribution in [0.3, 0.4) is 0 Å². The van der Waals surface area contributed by atoms with Gasteiger partial charge in [0.1, 0.15) is 11.9 Å². The number of nitrogens with zero attached hydrogens (tertiary/aromatic N) is 3. The number of carbonyl (C=O) groups is 1. The van der Waals surface area contributed by atoms with Gasteiger partial charge in [-0.2, -0.15) is 18.2 Å². The third-order valence-electron chi connectivity index (χ3n) is 6.06. The van der Waals surface area contributed by atoms with E-state index in [4.69, 9.17) is 19.1 Å². The third kappa shape index (κ3) is 5.15. The summed E-state index contributed by atoms with van der Waals surface area (Å²) in [6.45, 7) is 2.37. The molecule has 8 nitrogen and oxygen atoms in total. The van der Waals surface area contributed by atoms with Crippen LogP contribution in [0.4, 0.5) is 13.2 Å². The van der Waals surface area contributed by atoms with Gasteiger partial charge in [-0.15, -0.1) is 0 Å². The molecule has 2 aromatic carbocycles. The fourth-order valence-electron chi connectivity index (χ4n) is 4.10. The third-order valence-corrected chi connectivity index (χ3v) is 6.06. The van der Waals surface area contributed by atoms with Crippen molar-refractivity contribution in [2.24, 2.45) is 5.92 Å². The quantitative estimate of drug-likeness (QED) is 0.530. The van der Waals surface area contributed by atoms with Crippen LogP contribution < -0.4 is 4.74 Å². The second-order valence-electron chi connectivity index (χ2n) is 8.66. The highest BCUT2D eigenvalue weighted by atomic mass is 19.4.